The molecule has 0 aliphatic carbocycles. The van der Waals surface area contributed by atoms with E-state index in [2.05, 4.69) is 25.6 Å². The summed E-state index contributed by atoms with van der Waals surface area (Å²) in [5.74, 6) is 0.824. The summed E-state index contributed by atoms with van der Waals surface area (Å²) in [6.45, 7) is 0.514. The smallest absolute Gasteiger partial charge is 0.260 e. The van der Waals surface area contributed by atoms with Crippen LogP contribution in [0.15, 0.2) is 55.1 Å². The highest BCUT2D eigenvalue weighted by Gasteiger charge is 2.18. The molecule has 8 heteroatoms. The Labute approximate surface area is 156 Å². The normalized spacial score (nSPS) is 10.1. The highest BCUT2D eigenvalue weighted by Crippen LogP contribution is 2.34. The van der Waals surface area contributed by atoms with Crippen molar-refractivity contribution in [3.8, 4) is 11.5 Å². The Kier molecular flexibility index (Phi) is 5.78. The van der Waals surface area contributed by atoms with E-state index in [1.165, 1.54) is 7.11 Å². The lowest BCUT2D eigenvalue weighted by molar-refractivity contribution is 0.102. The zero-order valence-corrected chi connectivity index (χ0v) is 15.0. The molecule has 0 unspecified atom stereocenters. The molecule has 8 nitrogen and oxygen atoms in total. The quantitative estimate of drug-likeness (QED) is 0.664. The van der Waals surface area contributed by atoms with Gasteiger partial charge in [-0.1, -0.05) is 0 Å². The number of pyridine rings is 1. The van der Waals surface area contributed by atoms with E-state index in [9.17, 15) is 4.79 Å². The summed E-state index contributed by atoms with van der Waals surface area (Å²) in [6.07, 6.45) is 6.54. The molecule has 0 fully saturated rings. The van der Waals surface area contributed by atoms with Gasteiger partial charge in [-0.15, -0.1) is 0 Å². The fraction of sp³-hybridized carbons (Fsp3) is 0.158. The van der Waals surface area contributed by atoms with E-state index < -0.39 is 0 Å². The number of aromatic nitrogens is 3. The zero-order chi connectivity index (χ0) is 19.1. The lowest BCUT2D eigenvalue weighted by atomic mass is 10.1. The summed E-state index contributed by atoms with van der Waals surface area (Å²) < 4.78 is 10.7. The molecule has 0 saturated heterocycles. The average molecular weight is 365 g/mol. The van der Waals surface area contributed by atoms with Crippen molar-refractivity contribution in [2.75, 3.05) is 24.9 Å². The molecule has 0 radical (unpaired) electrons. The first kappa shape index (κ1) is 18.1. The molecular formula is C19H19N5O3. The summed E-state index contributed by atoms with van der Waals surface area (Å²) in [6, 6.07) is 8.80. The monoisotopic (exact) mass is 365 g/mol. The third-order valence-electron chi connectivity index (χ3n) is 3.79. The van der Waals surface area contributed by atoms with E-state index in [0.29, 0.717) is 29.3 Å². The largest absolute Gasteiger partial charge is 0.493 e. The number of benzene rings is 1. The minimum atomic E-state index is -0.362. The van der Waals surface area contributed by atoms with Crippen LogP contribution in [0.4, 0.5) is 11.6 Å². The molecule has 0 saturated carbocycles. The van der Waals surface area contributed by atoms with Crippen LogP contribution >= 0.6 is 0 Å². The summed E-state index contributed by atoms with van der Waals surface area (Å²) in [7, 11) is 3.06. The van der Waals surface area contributed by atoms with Gasteiger partial charge in [-0.3, -0.25) is 15.1 Å². The molecule has 0 bridgehead atoms. The van der Waals surface area contributed by atoms with Crippen molar-refractivity contribution in [1.29, 1.82) is 0 Å². The minimum Gasteiger partial charge on any atom is -0.493 e. The molecule has 27 heavy (non-hydrogen) atoms. The lowest BCUT2D eigenvalue weighted by Gasteiger charge is -2.16. The van der Waals surface area contributed by atoms with Gasteiger partial charge < -0.3 is 14.8 Å². The Morgan fingerprint density at radius 2 is 1.67 bits per heavy atom. The van der Waals surface area contributed by atoms with Gasteiger partial charge in [0.05, 0.1) is 25.5 Å². The summed E-state index contributed by atoms with van der Waals surface area (Å²) >= 11 is 0. The topological polar surface area (TPSA) is 98.3 Å². The second kappa shape index (κ2) is 8.61. The van der Waals surface area contributed by atoms with Crippen LogP contribution in [0, 0.1) is 0 Å². The van der Waals surface area contributed by atoms with Gasteiger partial charge in [0.15, 0.2) is 11.5 Å². The van der Waals surface area contributed by atoms with Gasteiger partial charge in [-0.25, -0.2) is 9.97 Å². The molecule has 3 rings (SSSR count). The van der Waals surface area contributed by atoms with Crippen LogP contribution in [0.1, 0.15) is 15.9 Å². The number of anilines is 2. The van der Waals surface area contributed by atoms with Crippen molar-refractivity contribution < 1.29 is 14.3 Å². The molecule has 1 aromatic carbocycles. The predicted molar refractivity (Wildman–Crippen MR) is 101 cm³/mol. The predicted octanol–water partition coefficient (Wildman–Crippen LogP) is 2.75. The Bertz CT molecular complexity index is 904. The first-order chi connectivity index (χ1) is 13.2. The van der Waals surface area contributed by atoms with E-state index in [4.69, 9.17) is 9.47 Å². The van der Waals surface area contributed by atoms with Crippen molar-refractivity contribution in [3.05, 3.63) is 66.2 Å². The first-order valence-electron chi connectivity index (χ1n) is 8.18. The van der Waals surface area contributed by atoms with Crippen molar-refractivity contribution >= 4 is 17.5 Å². The minimum absolute atomic E-state index is 0.220. The van der Waals surface area contributed by atoms with E-state index in [1.807, 2.05) is 12.1 Å². The van der Waals surface area contributed by atoms with Gasteiger partial charge in [-0.2, -0.15) is 0 Å². The number of hydrogen-bond donors (Lipinski definition) is 2. The second-order valence-corrected chi connectivity index (χ2v) is 5.49. The number of ether oxygens (including phenoxy) is 2. The fourth-order valence-electron chi connectivity index (χ4n) is 2.44. The number of carbonyl (C=O) groups is 1. The van der Waals surface area contributed by atoms with Crippen molar-refractivity contribution in [1.82, 2.24) is 15.0 Å². The highest BCUT2D eigenvalue weighted by atomic mass is 16.5. The standard InChI is InChI=1S/C19H19N5O3/c1-26-16-10-14(18(25)24-19-21-6-3-7-22-19)15(11-17(16)27-2)23-12-13-4-8-20-9-5-13/h3-11,23H,12H2,1-2H3,(H,21,22,24,25). The Morgan fingerprint density at radius 1 is 1.00 bits per heavy atom. The number of nitrogens with zero attached hydrogens (tertiary/aromatic N) is 3. The number of hydrogen-bond acceptors (Lipinski definition) is 7. The van der Waals surface area contributed by atoms with E-state index in [0.717, 1.165) is 5.56 Å². The lowest BCUT2D eigenvalue weighted by Crippen LogP contribution is -2.17. The molecular weight excluding hydrogens is 346 g/mol. The van der Waals surface area contributed by atoms with E-state index in [1.54, 1.807) is 50.1 Å². The molecule has 0 aliphatic heterocycles. The molecule has 0 atom stereocenters. The molecule has 1 amide bonds. The van der Waals surface area contributed by atoms with Gasteiger partial charge in [0, 0.05) is 37.4 Å². The summed E-state index contributed by atoms with van der Waals surface area (Å²) in [5.41, 5.74) is 2.00. The number of rotatable bonds is 7. The molecule has 138 valence electrons. The van der Waals surface area contributed by atoms with Crippen LogP contribution in [-0.2, 0) is 6.54 Å². The van der Waals surface area contributed by atoms with Crippen LogP contribution < -0.4 is 20.1 Å². The van der Waals surface area contributed by atoms with Gasteiger partial charge in [0.1, 0.15) is 0 Å². The maximum Gasteiger partial charge on any atom is 0.260 e. The second-order valence-electron chi connectivity index (χ2n) is 5.49. The number of amides is 1. The third kappa shape index (κ3) is 4.49. The summed E-state index contributed by atoms with van der Waals surface area (Å²) in [4.78, 5) is 24.8. The van der Waals surface area contributed by atoms with Gasteiger partial charge in [0.25, 0.3) is 5.91 Å². The molecule has 0 spiro atoms. The Hall–Kier alpha value is -3.68. The van der Waals surface area contributed by atoms with Crippen LogP contribution in [0.25, 0.3) is 0 Å². The average Bonchev–Trinajstić information content (AvgIpc) is 2.73. The fourth-order valence-corrected chi connectivity index (χ4v) is 2.44. The maximum atomic E-state index is 12.8. The molecule has 3 aromatic rings. The van der Waals surface area contributed by atoms with Gasteiger partial charge in [-0.05, 0) is 29.8 Å². The molecule has 2 N–H and O–H groups in total. The van der Waals surface area contributed by atoms with Crippen molar-refractivity contribution in [3.63, 3.8) is 0 Å². The van der Waals surface area contributed by atoms with Crippen molar-refractivity contribution in [2.24, 2.45) is 0 Å². The number of nitrogens with one attached hydrogen (secondary N) is 2. The summed E-state index contributed by atoms with van der Waals surface area (Å²) in [5, 5.41) is 5.94. The molecule has 2 aromatic heterocycles. The third-order valence-corrected chi connectivity index (χ3v) is 3.79. The van der Waals surface area contributed by atoms with E-state index in [-0.39, 0.29) is 11.9 Å². The van der Waals surface area contributed by atoms with Gasteiger partial charge in [0.2, 0.25) is 5.95 Å². The molecule has 0 aliphatic rings. The van der Waals surface area contributed by atoms with Gasteiger partial charge >= 0.3 is 0 Å². The number of methoxy groups -OCH3 is 2. The Balaban J connectivity index is 1.90. The number of carbonyl (C=O) groups excluding carboxylic acids is 1. The maximum absolute atomic E-state index is 12.8. The zero-order valence-electron chi connectivity index (χ0n) is 15.0. The Morgan fingerprint density at radius 3 is 2.33 bits per heavy atom. The van der Waals surface area contributed by atoms with E-state index >= 15 is 0 Å². The van der Waals surface area contributed by atoms with Crippen molar-refractivity contribution in [2.45, 2.75) is 6.54 Å². The molecule has 2 heterocycles. The first-order valence-corrected chi connectivity index (χ1v) is 8.18. The SMILES string of the molecule is COc1cc(NCc2ccncc2)c(C(=O)Nc2ncccn2)cc1OC. The highest BCUT2D eigenvalue weighted by molar-refractivity contribution is 6.07. The van der Waals surface area contributed by atoms with Crippen LogP contribution in [0.2, 0.25) is 0 Å². The van der Waals surface area contributed by atoms with Crippen LogP contribution in [0.3, 0.4) is 0 Å². The van der Waals surface area contributed by atoms with Crippen LogP contribution in [0.5, 0.6) is 11.5 Å². The van der Waals surface area contributed by atoms with Crippen LogP contribution in [-0.4, -0.2) is 35.1 Å².